The molecule has 1 heteroatoms. The van der Waals surface area contributed by atoms with Gasteiger partial charge in [-0.2, -0.15) is 0 Å². The van der Waals surface area contributed by atoms with Crippen LogP contribution in [0.15, 0.2) is 140 Å². The van der Waals surface area contributed by atoms with Gasteiger partial charge in [0.05, 0.1) is 0 Å². The van der Waals surface area contributed by atoms with Crippen LogP contribution in [0.4, 0.5) is 17.1 Å². The number of anilines is 3. The number of benzene rings is 6. The summed E-state index contributed by atoms with van der Waals surface area (Å²) in [5, 5.41) is 0. The van der Waals surface area contributed by atoms with Gasteiger partial charge in [-0.3, -0.25) is 0 Å². The Morgan fingerprint density at radius 3 is 1.68 bits per heavy atom. The van der Waals surface area contributed by atoms with Crippen LogP contribution in [0.3, 0.4) is 0 Å². The van der Waals surface area contributed by atoms with Crippen molar-refractivity contribution < 1.29 is 0 Å². The van der Waals surface area contributed by atoms with Crippen molar-refractivity contribution in [1.82, 2.24) is 0 Å². The van der Waals surface area contributed by atoms with Gasteiger partial charge >= 0.3 is 0 Å². The molecule has 6 aromatic carbocycles. The van der Waals surface area contributed by atoms with Crippen molar-refractivity contribution in [1.29, 1.82) is 0 Å². The summed E-state index contributed by atoms with van der Waals surface area (Å²) in [5.41, 5.74) is 17.3. The Morgan fingerprint density at radius 1 is 0.464 bits per heavy atom. The van der Waals surface area contributed by atoms with Gasteiger partial charge in [0.25, 0.3) is 0 Å². The lowest BCUT2D eigenvalue weighted by Gasteiger charge is -2.54. The summed E-state index contributed by atoms with van der Waals surface area (Å²) < 4.78 is 0. The summed E-state index contributed by atoms with van der Waals surface area (Å²) in [4.78, 5) is 2.56. The van der Waals surface area contributed by atoms with Crippen molar-refractivity contribution >= 4 is 17.1 Å². The lowest BCUT2D eigenvalue weighted by atomic mass is 9.51. The molecule has 1 nitrogen and oxygen atoms in total. The average molecular weight is 730 g/mol. The first-order chi connectivity index (χ1) is 27.5. The Kier molecular flexibility index (Phi) is 8.38. The average Bonchev–Trinajstić information content (AvgIpc) is 3.47. The summed E-state index contributed by atoms with van der Waals surface area (Å²) in [7, 11) is 0. The van der Waals surface area contributed by atoms with Crippen molar-refractivity contribution in [3.63, 3.8) is 0 Å². The van der Waals surface area contributed by atoms with Crippen molar-refractivity contribution in [2.24, 2.45) is 23.7 Å². The van der Waals surface area contributed by atoms with Crippen LogP contribution < -0.4 is 4.90 Å². The molecule has 0 atom stereocenters. The molecule has 56 heavy (non-hydrogen) atoms. The highest BCUT2D eigenvalue weighted by atomic mass is 15.1. The van der Waals surface area contributed by atoms with E-state index < -0.39 is 0 Å². The van der Waals surface area contributed by atoms with Gasteiger partial charge < -0.3 is 4.90 Å². The monoisotopic (exact) mass is 729 g/mol. The first kappa shape index (κ1) is 34.4. The summed E-state index contributed by atoms with van der Waals surface area (Å²) in [6, 6.07) is 53.8. The first-order valence-corrected chi connectivity index (χ1v) is 21.9. The van der Waals surface area contributed by atoms with E-state index in [9.17, 15) is 0 Å². The summed E-state index contributed by atoms with van der Waals surface area (Å²) >= 11 is 0. The molecule has 0 unspecified atom stereocenters. The van der Waals surface area contributed by atoms with Gasteiger partial charge in [0.1, 0.15) is 0 Å². The second-order valence-electron chi connectivity index (χ2n) is 18.8. The third kappa shape index (κ3) is 5.79. The molecule has 0 spiro atoms. The molecular weight excluding hydrogens is 675 g/mol. The Hall–Kier alpha value is -4.88. The van der Waals surface area contributed by atoms with Crippen LogP contribution in [0.1, 0.15) is 112 Å². The molecule has 0 heterocycles. The van der Waals surface area contributed by atoms with Gasteiger partial charge in [-0.25, -0.2) is 0 Å². The maximum Gasteiger partial charge on any atom is 0.0471 e. The third-order valence-electron chi connectivity index (χ3n) is 15.2. The Morgan fingerprint density at radius 2 is 1.05 bits per heavy atom. The zero-order valence-corrected chi connectivity index (χ0v) is 33.3. The Bertz CT molecular complexity index is 2330. The fourth-order valence-electron chi connectivity index (χ4n) is 12.7. The fourth-order valence-corrected chi connectivity index (χ4v) is 12.7. The minimum absolute atomic E-state index is 0.172. The molecule has 4 bridgehead atoms. The minimum Gasteiger partial charge on any atom is -0.310 e. The molecule has 6 aromatic rings. The smallest absolute Gasteiger partial charge is 0.0471 e. The van der Waals surface area contributed by atoms with Crippen molar-refractivity contribution in [3.05, 3.63) is 162 Å². The maximum atomic E-state index is 2.56. The first-order valence-electron chi connectivity index (χ1n) is 21.9. The zero-order chi connectivity index (χ0) is 37.4. The molecule has 0 N–H and O–H groups in total. The second kappa shape index (κ2) is 13.7. The highest BCUT2D eigenvalue weighted by Crippen LogP contribution is 2.60. The van der Waals surface area contributed by atoms with Gasteiger partial charge in [0, 0.05) is 22.5 Å². The van der Waals surface area contributed by atoms with E-state index in [0.717, 1.165) is 29.6 Å². The van der Waals surface area contributed by atoms with E-state index in [0.29, 0.717) is 5.92 Å². The maximum absolute atomic E-state index is 2.56. The SMILES string of the molecule is CC1(C)c2cc(-c3ccccc3)ccc2-c2c(-c3ccccc3)cc(N(c3ccc(C4CCCCC4)cc3)c3ccc(C4C5CC6CC(C5)CC4C6)cc3)cc21. The van der Waals surface area contributed by atoms with Crippen molar-refractivity contribution in [3.8, 4) is 33.4 Å². The van der Waals surface area contributed by atoms with Gasteiger partial charge in [-0.15, -0.1) is 0 Å². The molecule has 0 saturated heterocycles. The lowest BCUT2D eigenvalue weighted by Crippen LogP contribution is -2.43. The number of rotatable bonds is 7. The normalized spacial score (nSPS) is 24.5. The molecule has 12 rings (SSSR count). The van der Waals surface area contributed by atoms with Gasteiger partial charge in [0.15, 0.2) is 0 Å². The fraction of sp³-hybridized carbons (Fsp3) is 0.345. The van der Waals surface area contributed by atoms with Gasteiger partial charge in [0.2, 0.25) is 0 Å². The van der Waals surface area contributed by atoms with Crippen LogP contribution in [-0.4, -0.2) is 0 Å². The van der Waals surface area contributed by atoms with E-state index in [-0.39, 0.29) is 5.41 Å². The molecule has 5 fully saturated rings. The largest absolute Gasteiger partial charge is 0.310 e. The molecule has 6 aliphatic carbocycles. The molecule has 6 aliphatic rings. The third-order valence-corrected chi connectivity index (χ3v) is 15.2. The molecule has 0 aliphatic heterocycles. The highest BCUT2D eigenvalue weighted by Gasteiger charge is 2.48. The van der Waals surface area contributed by atoms with E-state index in [1.165, 1.54) is 131 Å². The predicted octanol–water partition coefficient (Wildman–Crippen LogP) is 15.4. The predicted molar refractivity (Wildman–Crippen MR) is 235 cm³/mol. The standard InChI is InChI=1S/C55H55N/c1-55(2)51-33-43(39-14-8-4-9-15-39)22-27-49(51)54-50(41-16-10-5-11-17-41)34-48(35-52(54)55)56(46-23-18-40(19-24-46)38-12-6-3-7-13-38)47-25-20-42(21-26-47)53-44-29-36-28-37(31-44)32-45(53)30-36/h4-5,8-11,14-27,33-38,44-45,53H,3,6-7,12-13,28-32H2,1-2H3. The van der Waals surface area contributed by atoms with Crippen LogP contribution in [0, 0.1) is 23.7 Å². The van der Waals surface area contributed by atoms with Crippen LogP contribution in [-0.2, 0) is 5.41 Å². The quantitative estimate of drug-likeness (QED) is 0.158. The number of nitrogens with zero attached hydrogens (tertiary/aromatic N) is 1. The Labute approximate surface area is 334 Å². The molecule has 280 valence electrons. The van der Waals surface area contributed by atoms with E-state index in [2.05, 4.69) is 158 Å². The summed E-state index contributed by atoms with van der Waals surface area (Å²) in [5.74, 6) is 5.20. The molecule has 0 radical (unpaired) electrons. The molecular formula is C55H55N. The van der Waals surface area contributed by atoms with Crippen LogP contribution in [0.2, 0.25) is 0 Å². The van der Waals surface area contributed by atoms with E-state index in [4.69, 9.17) is 0 Å². The van der Waals surface area contributed by atoms with Crippen molar-refractivity contribution in [2.75, 3.05) is 4.90 Å². The van der Waals surface area contributed by atoms with E-state index >= 15 is 0 Å². The van der Waals surface area contributed by atoms with Gasteiger partial charge in [-0.1, -0.05) is 130 Å². The van der Waals surface area contributed by atoms with E-state index in [1.807, 2.05) is 0 Å². The molecule has 0 amide bonds. The van der Waals surface area contributed by atoms with Crippen LogP contribution in [0.5, 0.6) is 0 Å². The van der Waals surface area contributed by atoms with Gasteiger partial charge in [-0.05, 0) is 179 Å². The van der Waals surface area contributed by atoms with Crippen LogP contribution >= 0.6 is 0 Å². The topological polar surface area (TPSA) is 3.24 Å². The second-order valence-corrected chi connectivity index (χ2v) is 18.8. The summed E-state index contributed by atoms with van der Waals surface area (Å²) in [6.45, 7) is 4.88. The molecule has 0 aromatic heterocycles. The van der Waals surface area contributed by atoms with Crippen LogP contribution in [0.25, 0.3) is 33.4 Å². The molecule has 5 saturated carbocycles. The summed E-state index contributed by atoms with van der Waals surface area (Å²) in [6.07, 6.45) is 14.1. The van der Waals surface area contributed by atoms with E-state index in [1.54, 1.807) is 5.56 Å². The minimum atomic E-state index is -0.172. The highest BCUT2D eigenvalue weighted by molar-refractivity contribution is 5.96. The number of hydrogen-bond donors (Lipinski definition) is 0. The number of hydrogen-bond acceptors (Lipinski definition) is 1. The Balaban J connectivity index is 1.05. The number of fused-ring (bicyclic) bond motifs is 3. The van der Waals surface area contributed by atoms with Crippen molar-refractivity contribution in [2.45, 2.75) is 95.3 Å². The lowest BCUT2D eigenvalue weighted by molar-refractivity contribution is -0.00277. The zero-order valence-electron chi connectivity index (χ0n) is 33.3.